The van der Waals surface area contributed by atoms with Crippen LogP contribution in [0.3, 0.4) is 0 Å². The highest BCUT2D eigenvalue weighted by atomic mass is 35.5. The molecule has 0 spiro atoms. The third kappa shape index (κ3) is 2.56. The van der Waals surface area contributed by atoms with Gasteiger partial charge in [-0.05, 0) is 30.3 Å². The summed E-state index contributed by atoms with van der Waals surface area (Å²) >= 11 is 5.92. The van der Waals surface area contributed by atoms with E-state index in [1.165, 1.54) is 0 Å². The number of fused-ring (bicyclic) bond motifs is 1. The van der Waals surface area contributed by atoms with Crippen LogP contribution in [0.5, 0.6) is 0 Å². The van der Waals surface area contributed by atoms with Crippen molar-refractivity contribution in [1.82, 2.24) is 0 Å². The summed E-state index contributed by atoms with van der Waals surface area (Å²) in [5, 5.41) is 6.75. The molecule has 1 heterocycles. The van der Waals surface area contributed by atoms with Crippen LogP contribution in [-0.4, -0.2) is 19.1 Å². The topological polar surface area (TPSA) is 44.4 Å². The van der Waals surface area contributed by atoms with E-state index >= 15 is 0 Å². The van der Waals surface area contributed by atoms with Gasteiger partial charge in [-0.25, -0.2) is 4.79 Å². The van der Waals surface area contributed by atoms with E-state index in [-0.39, 0.29) is 6.03 Å². The van der Waals surface area contributed by atoms with Crippen molar-refractivity contribution in [2.45, 2.75) is 0 Å². The van der Waals surface area contributed by atoms with Gasteiger partial charge in [0.2, 0.25) is 0 Å². The Kier molecular flexibility index (Phi) is 3.48. The van der Waals surface area contributed by atoms with E-state index in [4.69, 9.17) is 11.6 Å². The molecule has 3 rings (SSSR count). The van der Waals surface area contributed by atoms with Crippen molar-refractivity contribution in [2.75, 3.05) is 28.6 Å². The summed E-state index contributed by atoms with van der Waals surface area (Å²) in [6.45, 7) is 1.36. The lowest BCUT2D eigenvalue weighted by molar-refractivity contribution is 0.257. The van der Waals surface area contributed by atoms with Gasteiger partial charge >= 0.3 is 6.03 Å². The number of carbonyl (C=O) groups excluding carboxylic acids is 1. The van der Waals surface area contributed by atoms with Crippen molar-refractivity contribution in [3.8, 4) is 0 Å². The Labute approximate surface area is 122 Å². The van der Waals surface area contributed by atoms with E-state index in [1.807, 2.05) is 36.4 Å². The van der Waals surface area contributed by atoms with Crippen LogP contribution < -0.4 is 15.5 Å². The molecule has 0 aliphatic carbocycles. The second kappa shape index (κ2) is 5.43. The van der Waals surface area contributed by atoms with E-state index in [9.17, 15) is 4.79 Å². The Morgan fingerprint density at radius 2 is 2.05 bits per heavy atom. The third-order valence-corrected chi connectivity index (χ3v) is 3.40. The molecule has 0 atom stereocenters. The Hall–Kier alpha value is -2.20. The maximum Gasteiger partial charge on any atom is 0.326 e. The van der Waals surface area contributed by atoms with Gasteiger partial charge in [-0.15, -0.1) is 0 Å². The Morgan fingerprint density at radius 3 is 2.90 bits per heavy atom. The first-order valence-electron chi connectivity index (χ1n) is 6.41. The van der Waals surface area contributed by atoms with Crippen molar-refractivity contribution < 1.29 is 4.79 Å². The molecule has 20 heavy (non-hydrogen) atoms. The first kappa shape index (κ1) is 12.8. The molecule has 0 unspecified atom stereocenters. The van der Waals surface area contributed by atoms with E-state index in [1.54, 1.807) is 17.0 Å². The standard InChI is InChI=1S/C15H14ClN3O/c16-11-4-3-5-12(10-11)18-15(20)19-9-8-17-13-6-1-2-7-14(13)19/h1-7,10,17H,8-9H2,(H,18,20). The number of rotatable bonds is 1. The van der Waals surface area contributed by atoms with Crippen molar-refractivity contribution >= 4 is 34.7 Å². The second-order valence-corrected chi connectivity index (χ2v) is 4.97. The number of anilines is 3. The molecular formula is C15H14ClN3O. The number of nitrogens with zero attached hydrogens (tertiary/aromatic N) is 1. The van der Waals surface area contributed by atoms with Crippen molar-refractivity contribution in [3.05, 3.63) is 53.6 Å². The number of benzene rings is 2. The minimum absolute atomic E-state index is 0.152. The highest BCUT2D eigenvalue weighted by Crippen LogP contribution is 2.29. The summed E-state index contributed by atoms with van der Waals surface area (Å²) in [6.07, 6.45) is 0. The van der Waals surface area contributed by atoms with Gasteiger partial charge in [-0.2, -0.15) is 0 Å². The second-order valence-electron chi connectivity index (χ2n) is 4.54. The van der Waals surface area contributed by atoms with Crippen LogP contribution in [0, 0.1) is 0 Å². The zero-order chi connectivity index (χ0) is 13.9. The molecule has 5 heteroatoms. The van der Waals surface area contributed by atoms with Crippen LogP contribution in [0.4, 0.5) is 21.9 Å². The number of urea groups is 1. The number of para-hydroxylation sites is 2. The number of amides is 2. The van der Waals surface area contributed by atoms with Crippen LogP contribution in [0.25, 0.3) is 0 Å². The largest absolute Gasteiger partial charge is 0.382 e. The number of hydrogen-bond donors (Lipinski definition) is 2. The molecule has 2 aromatic carbocycles. The fourth-order valence-corrected chi connectivity index (χ4v) is 2.44. The van der Waals surface area contributed by atoms with Gasteiger partial charge < -0.3 is 10.6 Å². The molecular weight excluding hydrogens is 274 g/mol. The predicted octanol–water partition coefficient (Wildman–Crippen LogP) is 3.80. The molecule has 0 aromatic heterocycles. The maximum atomic E-state index is 12.4. The van der Waals surface area contributed by atoms with Crippen LogP contribution in [-0.2, 0) is 0 Å². The smallest absolute Gasteiger partial charge is 0.326 e. The molecule has 1 aliphatic heterocycles. The lowest BCUT2D eigenvalue weighted by Gasteiger charge is -2.30. The molecule has 2 amide bonds. The maximum absolute atomic E-state index is 12.4. The summed E-state index contributed by atoms with van der Waals surface area (Å²) in [4.78, 5) is 14.1. The minimum Gasteiger partial charge on any atom is -0.382 e. The molecule has 2 aromatic rings. The number of carbonyl (C=O) groups is 1. The average Bonchev–Trinajstić information content (AvgIpc) is 2.46. The van der Waals surface area contributed by atoms with Crippen molar-refractivity contribution in [3.63, 3.8) is 0 Å². The molecule has 0 radical (unpaired) electrons. The molecule has 0 saturated carbocycles. The Bertz CT molecular complexity index is 645. The first-order valence-corrected chi connectivity index (χ1v) is 6.79. The van der Waals surface area contributed by atoms with E-state index in [2.05, 4.69) is 10.6 Å². The summed E-state index contributed by atoms with van der Waals surface area (Å²) in [5.74, 6) is 0. The molecule has 102 valence electrons. The van der Waals surface area contributed by atoms with Crippen LogP contribution in [0.2, 0.25) is 5.02 Å². The minimum atomic E-state index is -0.152. The number of halogens is 1. The average molecular weight is 288 g/mol. The zero-order valence-electron chi connectivity index (χ0n) is 10.8. The van der Waals surface area contributed by atoms with Gasteiger partial charge in [0, 0.05) is 23.8 Å². The predicted molar refractivity (Wildman–Crippen MR) is 82.7 cm³/mol. The monoisotopic (exact) mass is 287 g/mol. The first-order chi connectivity index (χ1) is 9.74. The molecule has 0 saturated heterocycles. The lowest BCUT2D eigenvalue weighted by Crippen LogP contribution is -2.41. The van der Waals surface area contributed by atoms with Crippen molar-refractivity contribution in [2.24, 2.45) is 0 Å². The molecule has 4 nitrogen and oxygen atoms in total. The van der Waals surface area contributed by atoms with Gasteiger partial charge in [-0.1, -0.05) is 29.8 Å². The Morgan fingerprint density at radius 1 is 1.20 bits per heavy atom. The highest BCUT2D eigenvalue weighted by molar-refractivity contribution is 6.30. The zero-order valence-corrected chi connectivity index (χ0v) is 11.5. The van der Waals surface area contributed by atoms with Gasteiger partial charge in [0.1, 0.15) is 0 Å². The molecule has 0 fully saturated rings. The van der Waals surface area contributed by atoms with E-state index in [0.717, 1.165) is 17.9 Å². The van der Waals surface area contributed by atoms with Gasteiger partial charge in [0.25, 0.3) is 0 Å². The fraction of sp³-hybridized carbons (Fsp3) is 0.133. The van der Waals surface area contributed by atoms with Gasteiger partial charge in [-0.3, -0.25) is 4.90 Å². The normalized spacial score (nSPS) is 13.3. The summed E-state index contributed by atoms with van der Waals surface area (Å²) in [6, 6.07) is 14.7. The lowest BCUT2D eigenvalue weighted by atomic mass is 10.2. The third-order valence-electron chi connectivity index (χ3n) is 3.17. The highest BCUT2D eigenvalue weighted by Gasteiger charge is 2.21. The van der Waals surface area contributed by atoms with Gasteiger partial charge in [0.15, 0.2) is 0 Å². The van der Waals surface area contributed by atoms with Crippen molar-refractivity contribution in [1.29, 1.82) is 0 Å². The molecule has 2 N–H and O–H groups in total. The van der Waals surface area contributed by atoms with Crippen LogP contribution >= 0.6 is 11.6 Å². The summed E-state index contributed by atoms with van der Waals surface area (Å²) in [7, 11) is 0. The SMILES string of the molecule is O=C(Nc1cccc(Cl)c1)N1CCNc2ccccc21. The molecule has 1 aliphatic rings. The van der Waals surface area contributed by atoms with Gasteiger partial charge in [0.05, 0.1) is 11.4 Å². The number of hydrogen-bond acceptors (Lipinski definition) is 2. The molecule has 0 bridgehead atoms. The number of nitrogens with one attached hydrogen (secondary N) is 2. The summed E-state index contributed by atoms with van der Waals surface area (Å²) in [5.41, 5.74) is 2.55. The quantitative estimate of drug-likeness (QED) is 0.838. The fourth-order valence-electron chi connectivity index (χ4n) is 2.25. The van der Waals surface area contributed by atoms with Crippen LogP contribution in [0.15, 0.2) is 48.5 Å². The van der Waals surface area contributed by atoms with E-state index in [0.29, 0.717) is 17.3 Å². The van der Waals surface area contributed by atoms with E-state index < -0.39 is 0 Å². The Balaban J connectivity index is 1.82. The summed E-state index contributed by atoms with van der Waals surface area (Å²) < 4.78 is 0. The van der Waals surface area contributed by atoms with Crippen LogP contribution in [0.1, 0.15) is 0 Å².